The number of urea groups is 1. The monoisotopic (exact) mass is 539 g/mol. The highest BCUT2D eigenvalue weighted by Gasteiger charge is 2.53. The normalized spacial score (nSPS) is 18.8. The third-order valence-corrected chi connectivity index (χ3v) is 7.75. The standard InChI is InChI=1S/C32H37N5O3/c1-23-10-14-25(15-11-23)33-29(38)22-32(35-31(40)34-26-16-12-24(2)13-17-26)27-8-4-5-9-28(27)37(30(32)39)21-20-36-18-6-3-7-19-36/h4-5,8-17H,3,6-7,18-22H2,1-2H3,(H,33,38)(H2,34,35,40). The van der Waals surface area contributed by atoms with Crippen molar-refractivity contribution in [2.24, 2.45) is 0 Å². The minimum Gasteiger partial charge on any atom is -0.326 e. The summed E-state index contributed by atoms with van der Waals surface area (Å²) in [6.45, 7) is 7.21. The van der Waals surface area contributed by atoms with Gasteiger partial charge in [0.15, 0.2) is 5.54 Å². The maximum absolute atomic E-state index is 14.3. The summed E-state index contributed by atoms with van der Waals surface area (Å²) in [7, 11) is 0. The van der Waals surface area contributed by atoms with E-state index < -0.39 is 11.6 Å². The Morgan fingerprint density at radius 2 is 1.38 bits per heavy atom. The fourth-order valence-corrected chi connectivity index (χ4v) is 5.58. The highest BCUT2D eigenvalue weighted by atomic mass is 16.2. The number of nitrogens with one attached hydrogen (secondary N) is 3. The minimum absolute atomic E-state index is 0.238. The second-order valence-corrected chi connectivity index (χ2v) is 10.8. The van der Waals surface area contributed by atoms with Gasteiger partial charge in [0.05, 0.1) is 6.42 Å². The van der Waals surface area contributed by atoms with E-state index in [1.165, 1.54) is 6.42 Å². The fraction of sp³-hybridized carbons (Fsp3) is 0.344. The van der Waals surface area contributed by atoms with Gasteiger partial charge in [-0.05, 0) is 70.1 Å². The molecule has 3 aromatic rings. The number of amides is 4. The van der Waals surface area contributed by atoms with Crippen molar-refractivity contribution in [3.05, 3.63) is 89.5 Å². The van der Waals surface area contributed by atoms with Crippen LogP contribution in [0.3, 0.4) is 0 Å². The van der Waals surface area contributed by atoms with Crippen LogP contribution in [-0.2, 0) is 15.1 Å². The van der Waals surface area contributed by atoms with Crippen molar-refractivity contribution >= 4 is 34.9 Å². The second-order valence-electron chi connectivity index (χ2n) is 10.8. The zero-order chi connectivity index (χ0) is 28.1. The van der Waals surface area contributed by atoms with Crippen LogP contribution in [0.5, 0.6) is 0 Å². The molecule has 3 aromatic carbocycles. The van der Waals surface area contributed by atoms with Gasteiger partial charge in [-0.3, -0.25) is 9.59 Å². The zero-order valence-corrected chi connectivity index (χ0v) is 23.2. The molecule has 3 N–H and O–H groups in total. The van der Waals surface area contributed by atoms with Crippen LogP contribution in [0.4, 0.5) is 21.9 Å². The average Bonchev–Trinajstić information content (AvgIpc) is 3.17. The number of carbonyl (C=O) groups excluding carboxylic acids is 3. The number of aryl methyl sites for hydroxylation is 2. The summed E-state index contributed by atoms with van der Waals surface area (Å²) >= 11 is 0. The van der Waals surface area contributed by atoms with Gasteiger partial charge >= 0.3 is 6.03 Å². The van der Waals surface area contributed by atoms with E-state index in [1.54, 1.807) is 17.0 Å². The summed E-state index contributed by atoms with van der Waals surface area (Å²) < 4.78 is 0. The van der Waals surface area contributed by atoms with Gasteiger partial charge in [0, 0.05) is 35.7 Å². The number of para-hydroxylation sites is 1. The van der Waals surface area contributed by atoms with Gasteiger partial charge in [0.25, 0.3) is 5.91 Å². The first-order valence-electron chi connectivity index (χ1n) is 14.0. The number of anilines is 3. The maximum Gasteiger partial charge on any atom is 0.320 e. The van der Waals surface area contributed by atoms with E-state index in [2.05, 4.69) is 20.9 Å². The van der Waals surface area contributed by atoms with Gasteiger partial charge < -0.3 is 25.8 Å². The van der Waals surface area contributed by atoms with Crippen molar-refractivity contribution in [3.63, 3.8) is 0 Å². The number of nitrogens with zero attached hydrogens (tertiary/aromatic N) is 2. The minimum atomic E-state index is -1.55. The van der Waals surface area contributed by atoms with Gasteiger partial charge in [-0.15, -0.1) is 0 Å². The van der Waals surface area contributed by atoms with E-state index in [4.69, 9.17) is 0 Å². The Bertz CT molecular complexity index is 1300. The summed E-state index contributed by atoms with van der Waals surface area (Å²) in [5.41, 5.74) is 3.17. The quantitative estimate of drug-likeness (QED) is 0.368. The molecule has 0 radical (unpaired) electrons. The van der Waals surface area contributed by atoms with Crippen LogP contribution < -0.4 is 20.9 Å². The summed E-state index contributed by atoms with van der Waals surface area (Å²) in [5.74, 6) is -0.663. The predicted molar refractivity (Wildman–Crippen MR) is 159 cm³/mol. The zero-order valence-electron chi connectivity index (χ0n) is 23.2. The number of hydrogen-bond donors (Lipinski definition) is 3. The molecule has 2 aliphatic heterocycles. The van der Waals surface area contributed by atoms with Crippen LogP contribution >= 0.6 is 0 Å². The van der Waals surface area contributed by atoms with Gasteiger partial charge in [0.2, 0.25) is 5.91 Å². The van der Waals surface area contributed by atoms with Crippen molar-refractivity contribution in [3.8, 4) is 0 Å². The highest BCUT2D eigenvalue weighted by Crippen LogP contribution is 2.42. The molecule has 1 atom stereocenters. The van der Waals surface area contributed by atoms with Crippen molar-refractivity contribution in [2.75, 3.05) is 41.7 Å². The molecule has 0 aromatic heterocycles. The van der Waals surface area contributed by atoms with Crippen LogP contribution in [0, 0.1) is 13.8 Å². The second kappa shape index (κ2) is 11.9. The molecule has 4 amide bonds. The number of likely N-dealkylation sites (tertiary alicyclic amines) is 1. The average molecular weight is 540 g/mol. The third-order valence-electron chi connectivity index (χ3n) is 7.75. The molecule has 1 fully saturated rings. The van der Waals surface area contributed by atoms with Gasteiger partial charge in [-0.2, -0.15) is 0 Å². The molecule has 0 spiro atoms. The summed E-state index contributed by atoms with van der Waals surface area (Å²) in [5, 5.41) is 8.69. The van der Waals surface area contributed by atoms with E-state index in [9.17, 15) is 14.4 Å². The molecule has 8 nitrogen and oxygen atoms in total. The largest absolute Gasteiger partial charge is 0.326 e. The van der Waals surface area contributed by atoms with Gasteiger partial charge in [0.1, 0.15) is 0 Å². The van der Waals surface area contributed by atoms with E-state index >= 15 is 0 Å². The topological polar surface area (TPSA) is 93.8 Å². The number of hydrogen-bond acceptors (Lipinski definition) is 4. The van der Waals surface area contributed by atoms with Crippen molar-refractivity contribution in [2.45, 2.75) is 45.1 Å². The predicted octanol–water partition coefficient (Wildman–Crippen LogP) is 5.18. The summed E-state index contributed by atoms with van der Waals surface area (Å²) in [6, 6.07) is 21.8. The van der Waals surface area contributed by atoms with Crippen molar-refractivity contribution in [1.29, 1.82) is 0 Å². The fourth-order valence-electron chi connectivity index (χ4n) is 5.58. The van der Waals surface area contributed by atoms with E-state index in [1.807, 2.05) is 74.5 Å². The lowest BCUT2D eigenvalue weighted by Crippen LogP contribution is -2.56. The Morgan fingerprint density at radius 1 is 0.775 bits per heavy atom. The smallest absolute Gasteiger partial charge is 0.320 e. The van der Waals surface area contributed by atoms with Crippen LogP contribution in [0.15, 0.2) is 72.8 Å². The lowest BCUT2D eigenvalue weighted by molar-refractivity contribution is -0.128. The number of rotatable bonds is 8. The molecular weight excluding hydrogens is 502 g/mol. The van der Waals surface area contributed by atoms with E-state index in [-0.39, 0.29) is 18.2 Å². The number of fused-ring (bicyclic) bond motifs is 1. The molecule has 0 bridgehead atoms. The molecule has 0 aliphatic carbocycles. The Balaban J connectivity index is 1.43. The molecule has 2 aliphatic rings. The van der Waals surface area contributed by atoms with Gasteiger partial charge in [-0.1, -0.05) is 60.0 Å². The molecular formula is C32H37N5O3. The first-order chi connectivity index (χ1) is 19.3. The molecule has 0 saturated carbocycles. The Morgan fingerprint density at radius 3 is 2.02 bits per heavy atom. The van der Waals surface area contributed by atoms with Crippen LogP contribution in [0.1, 0.15) is 42.4 Å². The Labute approximate surface area is 235 Å². The lowest BCUT2D eigenvalue weighted by atomic mass is 9.87. The van der Waals surface area contributed by atoms with Crippen LogP contribution in [0.25, 0.3) is 0 Å². The Kier molecular flexibility index (Phi) is 8.16. The molecule has 8 heteroatoms. The third kappa shape index (κ3) is 6.02. The molecule has 5 rings (SSSR count). The summed E-state index contributed by atoms with van der Waals surface area (Å²) in [6.07, 6.45) is 3.32. The van der Waals surface area contributed by atoms with Crippen molar-refractivity contribution < 1.29 is 14.4 Å². The summed E-state index contributed by atoms with van der Waals surface area (Å²) in [4.78, 5) is 45.2. The Hall–Kier alpha value is -4.17. The van der Waals surface area contributed by atoms with E-state index in [0.717, 1.165) is 49.3 Å². The first-order valence-corrected chi connectivity index (χ1v) is 14.0. The number of benzene rings is 3. The number of piperidine rings is 1. The SMILES string of the molecule is Cc1ccc(NC(=O)CC2(NC(=O)Nc3ccc(C)cc3)C(=O)N(CCN3CCCCC3)c3ccccc32)cc1. The van der Waals surface area contributed by atoms with E-state index in [0.29, 0.717) is 23.5 Å². The maximum atomic E-state index is 14.3. The first kappa shape index (κ1) is 27.4. The molecule has 1 unspecified atom stereocenters. The highest BCUT2D eigenvalue weighted by molar-refractivity contribution is 6.12. The molecule has 1 saturated heterocycles. The number of carbonyl (C=O) groups is 3. The molecule has 208 valence electrons. The van der Waals surface area contributed by atoms with Crippen LogP contribution in [-0.4, -0.2) is 48.9 Å². The molecule has 40 heavy (non-hydrogen) atoms. The van der Waals surface area contributed by atoms with Crippen molar-refractivity contribution in [1.82, 2.24) is 10.2 Å². The van der Waals surface area contributed by atoms with Crippen LogP contribution in [0.2, 0.25) is 0 Å². The van der Waals surface area contributed by atoms with Gasteiger partial charge in [-0.25, -0.2) is 4.79 Å². The molecule has 2 heterocycles. The lowest BCUT2D eigenvalue weighted by Gasteiger charge is -2.31.